The first kappa shape index (κ1) is 13.9. The number of rotatable bonds is 4. The van der Waals surface area contributed by atoms with Gasteiger partial charge in [0.2, 0.25) is 0 Å². The lowest BCUT2D eigenvalue weighted by atomic mass is 10.0. The normalized spacial score (nSPS) is 20.7. The summed E-state index contributed by atoms with van der Waals surface area (Å²) in [7, 11) is 0. The van der Waals surface area contributed by atoms with Crippen LogP contribution in [0.5, 0.6) is 0 Å². The van der Waals surface area contributed by atoms with Gasteiger partial charge in [0.05, 0.1) is 0 Å². The summed E-state index contributed by atoms with van der Waals surface area (Å²) in [4.78, 5) is 13.0. The molecule has 5 heteroatoms. The SMILES string of the molecule is O=C(O)C1CCCCN1Cc1cccc(C(F)F)c1. The summed E-state index contributed by atoms with van der Waals surface area (Å²) in [5, 5.41) is 9.17. The van der Waals surface area contributed by atoms with Gasteiger partial charge in [0.25, 0.3) is 6.43 Å². The van der Waals surface area contributed by atoms with Crippen LogP contribution in [0.3, 0.4) is 0 Å². The van der Waals surface area contributed by atoms with Gasteiger partial charge in [0.15, 0.2) is 0 Å². The van der Waals surface area contributed by atoms with Crippen LogP contribution >= 0.6 is 0 Å². The number of halogens is 2. The molecule has 1 N–H and O–H groups in total. The number of hydrogen-bond donors (Lipinski definition) is 1. The number of carboxylic acids is 1. The summed E-state index contributed by atoms with van der Waals surface area (Å²) in [6.07, 6.45) is 0.00351. The van der Waals surface area contributed by atoms with Crippen molar-refractivity contribution in [1.82, 2.24) is 4.90 Å². The summed E-state index contributed by atoms with van der Waals surface area (Å²) in [5.74, 6) is -0.829. The van der Waals surface area contributed by atoms with Crippen LogP contribution in [-0.4, -0.2) is 28.6 Å². The number of alkyl halides is 2. The first-order valence-electron chi connectivity index (χ1n) is 6.42. The van der Waals surface area contributed by atoms with Crippen molar-refractivity contribution in [3.05, 3.63) is 35.4 Å². The Kier molecular flexibility index (Phi) is 4.47. The monoisotopic (exact) mass is 269 g/mol. The Labute approximate surface area is 110 Å². The Bertz CT molecular complexity index is 451. The summed E-state index contributed by atoms with van der Waals surface area (Å²) in [6.45, 7) is 1.12. The Balaban J connectivity index is 2.10. The quantitative estimate of drug-likeness (QED) is 0.913. The van der Waals surface area contributed by atoms with Crippen LogP contribution in [0.1, 0.15) is 36.8 Å². The Morgan fingerprint density at radius 1 is 1.42 bits per heavy atom. The maximum absolute atomic E-state index is 12.6. The number of nitrogens with zero attached hydrogens (tertiary/aromatic N) is 1. The number of carbonyl (C=O) groups is 1. The van der Waals surface area contributed by atoms with Gasteiger partial charge < -0.3 is 5.11 Å². The van der Waals surface area contributed by atoms with Crippen molar-refractivity contribution < 1.29 is 18.7 Å². The number of hydrogen-bond acceptors (Lipinski definition) is 2. The molecule has 1 aliphatic rings. The maximum atomic E-state index is 12.6. The van der Waals surface area contributed by atoms with E-state index in [9.17, 15) is 13.6 Å². The highest BCUT2D eigenvalue weighted by Gasteiger charge is 2.28. The minimum absolute atomic E-state index is 0.0126. The van der Waals surface area contributed by atoms with Crippen molar-refractivity contribution in [2.24, 2.45) is 0 Å². The van der Waals surface area contributed by atoms with Crippen molar-refractivity contribution in [3.8, 4) is 0 Å². The number of likely N-dealkylation sites (tertiary alicyclic amines) is 1. The zero-order chi connectivity index (χ0) is 13.8. The van der Waals surface area contributed by atoms with Crippen LogP contribution in [0.4, 0.5) is 8.78 Å². The van der Waals surface area contributed by atoms with Crippen LogP contribution in [-0.2, 0) is 11.3 Å². The molecule has 3 nitrogen and oxygen atoms in total. The molecule has 0 radical (unpaired) electrons. The molecule has 1 aliphatic heterocycles. The van der Waals surface area contributed by atoms with Gasteiger partial charge in [-0.2, -0.15) is 0 Å². The van der Waals surface area contributed by atoms with Crippen LogP contribution in [0.15, 0.2) is 24.3 Å². The third kappa shape index (κ3) is 3.50. The van der Waals surface area contributed by atoms with Gasteiger partial charge in [-0.3, -0.25) is 9.69 Å². The fourth-order valence-electron chi connectivity index (χ4n) is 2.52. The van der Waals surface area contributed by atoms with Crippen LogP contribution < -0.4 is 0 Å². The smallest absolute Gasteiger partial charge is 0.320 e. The number of carboxylic acid groups (broad SMARTS) is 1. The molecule has 0 saturated carbocycles. The summed E-state index contributed by atoms with van der Waals surface area (Å²) in [6, 6.07) is 5.71. The van der Waals surface area contributed by atoms with Gasteiger partial charge >= 0.3 is 5.97 Å². The van der Waals surface area contributed by atoms with Gasteiger partial charge in [0.1, 0.15) is 6.04 Å². The van der Waals surface area contributed by atoms with E-state index in [1.807, 2.05) is 4.90 Å². The Morgan fingerprint density at radius 2 is 2.21 bits per heavy atom. The van der Waals surface area contributed by atoms with E-state index < -0.39 is 18.4 Å². The molecule has 104 valence electrons. The second-order valence-electron chi connectivity index (χ2n) is 4.87. The molecule has 0 amide bonds. The lowest BCUT2D eigenvalue weighted by molar-refractivity contribution is -0.144. The molecule has 19 heavy (non-hydrogen) atoms. The van der Waals surface area contributed by atoms with Crippen molar-refractivity contribution in [2.75, 3.05) is 6.54 Å². The molecule has 1 saturated heterocycles. The molecule has 0 bridgehead atoms. The lowest BCUT2D eigenvalue weighted by Crippen LogP contribution is -2.44. The highest BCUT2D eigenvalue weighted by molar-refractivity contribution is 5.73. The van der Waals surface area contributed by atoms with Crippen LogP contribution in [0.2, 0.25) is 0 Å². The minimum Gasteiger partial charge on any atom is -0.480 e. The van der Waals surface area contributed by atoms with E-state index >= 15 is 0 Å². The molecule has 1 fully saturated rings. The third-order valence-corrected chi connectivity index (χ3v) is 3.49. The molecule has 1 unspecified atom stereocenters. The number of piperidine rings is 1. The minimum atomic E-state index is -2.49. The van der Waals surface area contributed by atoms with Gasteiger partial charge in [-0.1, -0.05) is 24.6 Å². The molecule has 0 spiro atoms. The van der Waals surface area contributed by atoms with Gasteiger partial charge in [-0.25, -0.2) is 8.78 Å². The van der Waals surface area contributed by atoms with E-state index in [0.717, 1.165) is 18.4 Å². The molecular formula is C14H17F2NO2. The van der Waals surface area contributed by atoms with Gasteiger partial charge in [0, 0.05) is 12.1 Å². The predicted molar refractivity (Wildman–Crippen MR) is 67.1 cm³/mol. The predicted octanol–water partition coefficient (Wildman–Crippen LogP) is 3.06. The summed E-state index contributed by atoms with van der Waals surface area (Å²) >= 11 is 0. The average molecular weight is 269 g/mol. The van der Waals surface area contributed by atoms with E-state index in [1.165, 1.54) is 12.1 Å². The standard InChI is InChI=1S/C14H17F2NO2/c15-13(16)11-5-3-4-10(8-11)9-17-7-2-1-6-12(17)14(18)19/h3-5,8,12-13H,1-2,6-7,9H2,(H,18,19). The highest BCUT2D eigenvalue weighted by Crippen LogP contribution is 2.23. The van der Waals surface area contributed by atoms with Crippen molar-refractivity contribution in [2.45, 2.75) is 38.3 Å². The lowest BCUT2D eigenvalue weighted by Gasteiger charge is -2.32. The fraction of sp³-hybridized carbons (Fsp3) is 0.500. The zero-order valence-electron chi connectivity index (χ0n) is 10.6. The maximum Gasteiger partial charge on any atom is 0.320 e. The molecule has 1 heterocycles. The molecule has 1 aromatic rings. The number of benzene rings is 1. The largest absolute Gasteiger partial charge is 0.480 e. The molecule has 1 aromatic carbocycles. The topological polar surface area (TPSA) is 40.5 Å². The summed E-state index contributed by atoms with van der Waals surface area (Å²) in [5.41, 5.74) is 0.729. The van der Waals surface area contributed by atoms with E-state index in [-0.39, 0.29) is 5.56 Å². The summed E-state index contributed by atoms with van der Waals surface area (Å²) < 4.78 is 25.2. The van der Waals surface area contributed by atoms with E-state index in [1.54, 1.807) is 12.1 Å². The van der Waals surface area contributed by atoms with Gasteiger partial charge in [-0.15, -0.1) is 0 Å². The molecular weight excluding hydrogens is 252 g/mol. The van der Waals surface area contributed by atoms with E-state index in [2.05, 4.69) is 0 Å². The van der Waals surface area contributed by atoms with Crippen molar-refractivity contribution >= 4 is 5.97 Å². The van der Waals surface area contributed by atoms with E-state index in [4.69, 9.17) is 5.11 Å². The highest BCUT2D eigenvalue weighted by atomic mass is 19.3. The first-order chi connectivity index (χ1) is 9.08. The van der Waals surface area contributed by atoms with Crippen LogP contribution in [0, 0.1) is 0 Å². The molecule has 0 aromatic heterocycles. The second kappa shape index (κ2) is 6.10. The van der Waals surface area contributed by atoms with Gasteiger partial charge in [-0.05, 0) is 31.0 Å². The van der Waals surface area contributed by atoms with Crippen LogP contribution in [0.25, 0.3) is 0 Å². The third-order valence-electron chi connectivity index (χ3n) is 3.49. The zero-order valence-corrected chi connectivity index (χ0v) is 10.6. The van der Waals surface area contributed by atoms with E-state index in [0.29, 0.717) is 19.5 Å². The fourth-order valence-corrected chi connectivity index (χ4v) is 2.52. The molecule has 2 rings (SSSR count). The molecule has 1 atom stereocenters. The second-order valence-corrected chi connectivity index (χ2v) is 4.87. The Hall–Kier alpha value is -1.49. The molecule has 0 aliphatic carbocycles. The Morgan fingerprint density at radius 3 is 2.89 bits per heavy atom. The van der Waals surface area contributed by atoms with Crippen molar-refractivity contribution in [3.63, 3.8) is 0 Å². The number of aliphatic carboxylic acids is 1. The van der Waals surface area contributed by atoms with Crippen molar-refractivity contribution in [1.29, 1.82) is 0 Å². The first-order valence-corrected chi connectivity index (χ1v) is 6.42. The average Bonchev–Trinajstić information content (AvgIpc) is 2.39.